The van der Waals surface area contributed by atoms with Crippen LogP contribution in [0.2, 0.25) is 0 Å². The molecule has 2 fully saturated rings. The predicted octanol–water partition coefficient (Wildman–Crippen LogP) is 5.68. The van der Waals surface area contributed by atoms with Gasteiger partial charge in [-0.05, 0) is 45.4 Å². The van der Waals surface area contributed by atoms with E-state index in [4.69, 9.17) is 14.1 Å². The van der Waals surface area contributed by atoms with Crippen molar-refractivity contribution in [2.75, 3.05) is 31.2 Å². The molecule has 1 amide bonds. The van der Waals surface area contributed by atoms with Crippen molar-refractivity contribution in [3.05, 3.63) is 87.4 Å². The number of nitrogens with zero attached hydrogens (tertiary/aromatic N) is 3. The topological polar surface area (TPSA) is 58.3 Å². The maximum atomic E-state index is 13.4. The molecule has 6 nitrogen and oxygen atoms in total. The number of furan rings is 1. The largest absolute Gasteiger partial charge is 0.440 e. The summed E-state index contributed by atoms with van der Waals surface area (Å²) in [5.41, 5.74) is 1.85. The lowest BCUT2D eigenvalue weighted by Gasteiger charge is -2.26. The maximum absolute atomic E-state index is 13.4. The lowest BCUT2D eigenvalue weighted by atomic mass is 10.2. The average Bonchev–Trinajstić information content (AvgIpc) is 3.35. The number of para-hydroxylation sites is 1. The van der Waals surface area contributed by atoms with Crippen molar-refractivity contribution in [2.24, 2.45) is 4.99 Å². The first-order chi connectivity index (χ1) is 16.2. The molecule has 3 heterocycles. The molecule has 8 heteroatoms. The number of rotatable bonds is 5. The van der Waals surface area contributed by atoms with Crippen LogP contribution in [0.4, 0.5) is 11.6 Å². The van der Waals surface area contributed by atoms with Crippen molar-refractivity contribution in [1.82, 2.24) is 4.90 Å². The van der Waals surface area contributed by atoms with E-state index in [0.717, 1.165) is 34.7 Å². The minimum Gasteiger partial charge on any atom is -0.440 e. The van der Waals surface area contributed by atoms with Crippen LogP contribution in [0, 0.1) is 0 Å². The molecular weight excluding hydrogens is 502 g/mol. The predicted molar refractivity (Wildman–Crippen MR) is 136 cm³/mol. The highest BCUT2D eigenvalue weighted by Crippen LogP contribution is 2.37. The smallest absolute Gasteiger partial charge is 0.267 e. The highest BCUT2D eigenvalue weighted by molar-refractivity contribution is 9.10. The van der Waals surface area contributed by atoms with Gasteiger partial charge in [-0.2, -0.15) is 0 Å². The van der Waals surface area contributed by atoms with E-state index in [1.54, 1.807) is 11.0 Å². The minimum atomic E-state index is -0.0843. The lowest BCUT2D eigenvalue weighted by Crippen LogP contribution is -2.36. The number of ether oxygens (including phenoxy) is 1. The molecule has 5 rings (SSSR count). The quantitative estimate of drug-likeness (QED) is 0.402. The van der Waals surface area contributed by atoms with Gasteiger partial charge in [-0.25, -0.2) is 4.99 Å². The van der Waals surface area contributed by atoms with Gasteiger partial charge in [0.1, 0.15) is 5.76 Å². The molecule has 0 bridgehead atoms. The number of hydrogen-bond donors (Lipinski definition) is 0. The third-order valence-corrected chi connectivity index (χ3v) is 6.89. The van der Waals surface area contributed by atoms with Crippen molar-refractivity contribution in [3.63, 3.8) is 0 Å². The SMILES string of the molecule is O=C1/C(=C/c2cc(Br)c(N3CCOCC3)o2)SC(=Nc2ccccc2)N1Cc1ccccc1. The number of benzene rings is 2. The van der Waals surface area contributed by atoms with E-state index in [0.29, 0.717) is 35.6 Å². The molecule has 168 valence electrons. The average molecular weight is 524 g/mol. The highest BCUT2D eigenvalue weighted by atomic mass is 79.9. The standard InChI is InChI=1S/C25H22BrN3O3S/c26-21-15-20(32-24(21)28-11-13-31-14-12-28)16-22-23(30)29(17-18-7-3-1-4-8-18)25(33-22)27-19-9-5-2-6-10-19/h1-10,15-16H,11-14,17H2/b22-16-,27-25?. The monoisotopic (exact) mass is 523 g/mol. The third-order valence-electron chi connectivity index (χ3n) is 5.31. The third kappa shape index (κ3) is 5.08. The van der Waals surface area contributed by atoms with E-state index in [1.807, 2.05) is 66.7 Å². The summed E-state index contributed by atoms with van der Waals surface area (Å²) in [4.78, 5) is 22.6. The molecule has 2 aromatic carbocycles. The van der Waals surface area contributed by atoms with Gasteiger partial charge in [-0.1, -0.05) is 48.5 Å². The number of amides is 1. The van der Waals surface area contributed by atoms with E-state index in [9.17, 15) is 4.79 Å². The second kappa shape index (κ2) is 9.99. The number of hydrogen-bond acceptors (Lipinski definition) is 6. The van der Waals surface area contributed by atoms with Crippen molar-refractivity contribution >= 4 is 56.4 Å². The molecule has 0 saturated carbocycles. The number of carbonyl (C=O) groups excluding carboxylic acids is 1. The van der Waals surface area contributed by atoms with Gasteiger partial charge in [0.2, 0.25) is 5.88 Å². The number of aliphatic imine (C=N–C) groups is 1. The Morgan fingerprint density at radius 3 is 2.45 bits per heavy atom. The molecule has 0 radical (unpaired) electrons. The minimum absolute atomic E-state index is 0.0843. The second-order valence-corrected chi connectivity index (χ2v) is 9.48. The van der Waals surface area contributed by atoms with E-state index in [2.05, 4.69) is 20.8 Å². The van der Waals surface area contributed by atoms with Crippen LogP contribution in [0.3, 0.4) is 0 Å². The Balaban J connectivity index is 1.45. The Morgan fingerprint density at radius 2 is 1.73 bits per heavy atom. The summed E-state index contributed by atoms with van der Waals surface area (Å²) in [5.74, 6) is 1.30. The maximum Gasteiger partial charge on any atom is 0.267 e. The molecule has 2 aliphatic heterocycles. The first-order valence-electron chi connectivity index (χ1n) is 10.7. The Hall–Kier alpha value is -2.81. The van der Waals surface area contributed by atoms with Crippen LogP contribution in [0.1, 0.15) is 11.3 Å². The first-order valence-corrected chi connectivity index (χ1v) is 12.3. The number of carbonyl (C=O) groups is 1. The van der Waals surface area contributed by atoms with Crippen LogP contribution in [-0.2, 0) is 16.1 Å². The van der Waals surface area contributed by atoms with Gasteiger partial charge in [0, 0.05) is 25.2 Å². The van der Waals surface area contributed by atoms with Crippen molar-refractivity contribution in [1.29, 1.82) is 0 Å². The zero-order valence-electron chi connectivity index (χ0n) is 17.8. The van der Waals surface area contributed by atoms with E-state index in [1.165, 1.54) is 11.8 Å². The summed E-state index contributed by atoms with van der Waals surface area (Å²) in [5, 5.41) is 0.653. The van der Waals surface area contributed by atoms with Crippen LogP contribution in [0.15, 0.2) is 85.5 Å². The molecule has 0 spiro atoms. The Kier molecular flexibility index (Phi) is 6.66. The number of halogens is 1. The number of thioether (sulfide) groups is 1. The van der Waals surface area contributed by atoms with E-state index < -0.39 is 0 Å². The van der Waals surface area contributed by atoms with Gasteiger partial charge in [0.25, 0.3) is 5.91 Å². The fourth-order valence-corrected chi connectivity index (χ4v) is 5.20. The Bertz CT molecular complexity index is 1190. The molecule has 1 aromatic heterocycles. The molecule has 2 saturated heterocycles. The van der Waals surface area contributed by atoms with Crippen LogP contribution in [-0.4, -0.2) is 42.3 Å². The molecule has 0 N–H and O–H groups in total. The van der Waals surface area contributed by atoms with Crippen LogP contribution < -0.4 is 4.90 Å². The van der Waals surface area contributed by atoms with Gasteiger partial charge in [0.05, 0.1) is 34.8 Å². The summed E-state index contributed by atoms with van der Waals surface area (Å²) >= 11 is 4.96. The van der Waals surface area contributed by atoms with Crippen LogP contribution in [0.25, 0.3) is 6.08 Å². The van der Waals surface area contributed by atoms with Gasteiger partial charge in [0.15, 0.2) is 5.17 Å². The molecule has 3 aromatic rings. The Morgan fingerprint density at radius 1 is 1.03 bits per heavy atom. The van der Waals surface area contributed by atoms with Crippen molar-refractivity contribution in [3.8, 4) is 0 Å². The van der Waals surface area contributed by atoms with Crippen LogP contribution in [0.5, 0.6) is 0 Å². The number of anilines is 1. The van der Waals surface area contributed by atoms with Gasteiger partial charge in [-0.15, -0.1) is 0 Å². The lowest BCUT2D eigenvalue weighted by molar-refractivity contribution is -0.122. The highest BCUT2D eigenvalue weighted by Gasteiger charge is 2.34. The van der Waals surface area contributed by atoms with E-state index >= 15 is 0 Å². The zero-order chi connectivity index (χ0) is 22.6. The van der Waals surface area contributed by atoms with Crippen LogP contribution >= 0.6 is 27.7 Å². The summed E-state index contributed by atoms with van der Waals surface area (Å²) in [7, 11) is 0. The van der Waals surface area contributed by atoms with Gasteiger partial charge in [-0.3, -0.25) is 9.69 Å². The molecule has 0 unspecified atom stereocenters. The fourth-order valence-electron chi connectivity index (χ4n) is 3.67. The first kappa shape index (κ1) is 22.0. The summed E-state index contributed by atoms with van der Waals surface area (Å²) in [6.07, 6.45) is 1.80. The second-order valence-electron chi connectivity index (χ2n) is 7.62. The summed E-state index contributed by atoms with van der Waals surface area (Å²) in [6, 6.07) is 21.5. The normalized spacial score (nSPS) is 19.1. The number of morpholine rings is 1. The molecular formula is C25H22BrN3O3S. The van der Waals surface area contributed by atoms with Gasteiger partial charge >= 0.3 is 0 Å². The van der Waals surface area contributed by atoms with Crippen molar-refractivity contribution in [2.45, 2.75) is 6.54 Å². The molecule has 2 aliphatic rings. The summed E-state index contributed by atoms with van der Waals surface area (Å²) < 4.78 is 12.4. The zero-order valence-corrected chi connectivity index (χ0v) is 20.2. The summed E-state index contributed by atoms with van der Waals surface area (Å²) in [6.45, 7) is 3.34. The molecule has 0 atom stereocenters. The van der Waals surface area contributed by atoms with E-state index in [-0.39, 0.29) is 5.91 Å². The Labute approximate surface area is 205 Å². The molecule has 33 heavy (non-hydrogen) atoms. The van der Waals surface area contributed by atoms with Gasteiger partial charge < -0.3 is 14.1 Å². The van der Waals surface area contributed by atoms with Crippen molar-refractivity contribution < 1.29 is 13.9 Å². The number of amidine groups is 1. The fraction of sp³-hybridized carbons (Fsp3) is 0.200. The molecule has 0 aliphatic carbocycles.